The van der Waals surface area contributed by atoms with E-state index in [9.17, 15) is 9.59 Å². The summed E-state index contributed by atoms with van der Waals surface area (Å²) in [5.41, 5.74) is 3.10. The van der Waals surface area contributed by atoms with E-state index in [1.54, 1.807) is 11.0 Å². The summed E-state index contributed by atoms with van der Waals surface area (Å²) in [7, 11) is 0. The smallest absolute Gasteiger partial charge is 0.410 e. The van der Waals surface area contributed by atoms with Crippen molar-refractivity contribution in [3.8, 4) is 6.07 Å². The zero-order chi connectivity index (χ0) is 25.2. The lowest BCUT2D eigenvalue weighted by Gasteiger charge is -2.33. The number of hydrogen-bond donors (Lipinski definition) is 1. The number of anilines is 1. The SMILES string of the molecule is CCn1cc(C2CCN(C(=O)OC(C)(C)C)CC2)c2cc(NC(=O)c3cc(C#N)ccn3)ccc21. The van der Waals surface area contributed by atoms with Gasteiger partial charge in [0.05, 0.1) is 11.6 Å². The topological polar surface area (TPSA) is 100 Å². The summed E-state index contributed by atoms with van der Waals surface area (Å²) >= 11 is 0. The van der Waals surface area contributed by atoms with Crippen molar-refractivity contribution in [3.05, 3.63) is 59.5 Å². The van der Waals surface area contributed by atoms with Crippen LogP contribution in [-0.2, 0) is 11.3 Å². The van der Waals surface area contributed by atoms with Crippen LogP contribution in [0.25, 0.3) is 10.9 Å². The Kier molecular flexibility index (Phi) is 6.79. The molecular weight excluding hydrogens is 442 g/mol. The van der Waals surface area contributed by atoms with Crippen LogP contribution in [-0.4, -0.2) is 45.1 Å². The standard InChI is InChI=1S/C27H31N5O3/c1-5-31-17-22(19-9-12-32(13-10-19)26(34)35-27(2,3)4)21-15-20(6-7-24(21)31)30-25(33)23-14-18(16-28)8-11-29-23/h6-8,11,14-15,17,19H,5,9-10,12-13H2,1-4H3,(H,30,33). The number of carbonyl (C=O) groups excluding carboxylic acids is 2. The summed E-state index contributed by atoms with van der Waals surface area (Å²) in [6, 6.07) is 11.0. The molecule has 4 rings (SSSR count). The van der Waals surface area contributed by atoms with E-state index in [4.69, 9.17) is 10.00 Å². The average Bonchev–Trinajstić information content (AvgIpc) is 3.21. The molecule has 0 bridgehead atoms. The number of carbonyl (C=O) groups is 2. The van der Waals surface area contributed by atoms with E-state index in [0.29, 0.717) is 30.3 Å². The number of aromatic nitrogens is 2. The van der Waals surface area contributed by atoms with Gasteiger partial charge in [0.2, 0.25) is 0 Å². The van der Waals surface area contributed by atoms with E-state index in [0.717, 1.165) is 30.3 Å². The molecule has 1 aliphatic heterocycles. The molecule has 8 nitrogen and oxygen atoms in total. The van der Waals surface area contributed by atoms with Gasteiger partial charge in [-0.25, -0.2) is 4.79 Å². The highest BCUT2D eigenvalue weighted by Gasteiger charge is 2.29. The van der Waals surface area contributed by atoms with E-state index < -0.39 is 5.60 Å². The number of nitrogens with one attached hydrogen (secondary N) is 1. The largest absolute Gasteiger partial charge is 0.444 e. The van der Waals surface area contributed by atoms with Crippen molar-refractivity contribution in [3.63, 3.8) is 0 Å². The van der Waals surface area contributed by atoms with Crippen molar-refractivity contribution in [2.45, 2.75) is 58.6 Å². The minimum Gasteiger partial charge on any atom is -0.444 e. The molecule has 0 radical (unpaired) electrons. The van der Waals surface area contributed by atoms with Gasteiger partial charge in [0.1, 0.15) is 11.3 Å². The van der Waals surface area contributed by atoms with Gasteiger partial charge in [-0.1, -0.05) is 0 Å². The van der Waals surface area contributed by atoms with Gasteiger partial charge in [-0.05, 0) is 82.3 Å². The number of nitrogens with zero attached hydrogens (tertiary/aromatic N) is 4. The van der Waals surface area contributed by atoms with Crippen LogP contribution in [0.15, 0.2) is 42.7 Å². The summed E-state index contributed by atoms with van der Waals surface area (Å²) < 4.78 is 7.75. The number of ether oxygens (including phenoxy) is 1. The second-order valence-electron chi connectivity index (χ2n) is 9.84. The fourth-order valence-electron chi connectivity index (χ4n) is 4.51. The molecule has 8 heteroatoms. The van der Waals surface area contributed by atoms with Crippen LogP contribution >= 0.6 is 0 Å². The molecule has 1 aromatic carbocycles. The van der Waals surface area contributed by atoms with E-state index in [2.05, 4.69) is 28.0 Å². The van der Waals surface area contributed by atoms with Crippen LogP contribution in [0, 0.1) is 11.3 Å². The summed E-state index contributed by atoms with van der Waals surface area (Å²) in [6.45, 7) is 9.88. The van der Waals surface area contributed by atoms with Gasteiger partial charge in [-0.2, -0.15) is 5.26 Å². The maximum absolute atomic E-state index is 12.7. The minimum absolute atomic E-state index is 0.199. The van der Waals surface area contributed by atoms with Crippen molar-refractivity contribution in [1.29, 1.82) is 5.26 Å². The van der Waals surface area contributed by atoms with Crippen LogP contribution in [0.4, 0.5) is 10.5 Å². The molecule has 0 atom stereocenters. The quantitative estimate of drug-likeness (QED) is 0.555. The number of pyridine rings is 1. The molecule has 1 N–H and O–H groups in total. The van der Waals surface area contributed by atoms with Gasteiger partial charge >= 0.3 is 6.09 Å². The number of rotatable bonds is 4. The molecule has 0 unspecified atom stereocenters. The second kappa shape index (κ2) is 9.79. The Morgan fingerprint density at radius 3 is 2.60 bits per heavy atom. The van der Waals surface area contributed by atoms with Crippen molar-refractivity contribution in [2.75, 3.05) is 18.4 Å². The fraction of sp³-hybridized carbons (Fsp3) is 0.407. The number of benzene rings is 1. The summed E-state index contributed by atoms with van der Waals surface area (Å²) in [5.74, 6) is -0.0486. The number of nitriles is 1. The van der Waals surface area contributed by atoms with Crippen molar-refractivity contribution in [2.24, 2.45) is 0 Å². The molecule has 0 saturated carbocycles. The molecule has 182 valence electrons. The Hall–Kier alpha value is -3.86. The third-order valence-corrected chi connectivity index (χ3v) is 6.22. The van der Waals surface area contributed by atoms with Crippen molar-refractivity contribution in [1.82, 2.24) is 14.5 Å². The molecule has 1 fully saturated rings. The molecule has 1 saturated heterocycles. The van der Waals surface area contributed by atoms with Gasteiger partial charge in [0.25, 0.3) is 5.91 Å². The first-order chi connectivity index (χ1) is 16.7. The summed E-state index contributed by atoms with van der Waals surface area (Å²) in [5, 5.41) is 13.1. The van der Waals surface area contributed by atoms with Crippen molar-refractivity contribution >= 4 is 28.6 Å². The lowest BCUT2D eigenvalue weighted by atomic mass is 9.89. The van der Waals surface area contributed by atoms with Crippen LogP contribution in [0.3, 0.4) is 0 Å². The maximum Gasteiger partial charge on any atom is 0.410 e. The summed E-state index contributed by atoms with van der Waals surface area (Å²) in [4.78, 5) is 31.1. The fourth-order valence-corrected chi connectivity index (χ4v) is 4.51. The molecule has 3 aromatic rings. The van der Waals surface area contributed by atoms with Crippen LogP contribution in [0.5, 0.6) is 0 Å². The Labute approximate surface area is 205 Å². The lowest BCUT2D eigenvalue weighted by Crippen LogP contribution is -2.41. The Morgan fingerprint density at radius 1 is 1.20 bits per heavy atom. The Balaban J connectivity index is 1.54. The van der Waals surface area contributed by atoms with E-state index >= 15 is 0 Å². The molecule has 0 aliphatic carbocycles. The predicted molar refractivity (Wildman–Crippen MR) is 134 cm³/mol. The second-order valence-corrected chi connectivity index (χ2v) is 9.84. The number of likely N-dealkylation sites (tertiary alicyclic amines) is 1. The van der Waals surface area contributed by atoms with Crippen LogP contribution in [0.2, 0.25) is 0 Å². The molecule has 3 heterocycles. The van der Waals surface area contributed by atoms with Gasteiger partial charge < -0.3 is 19.5 Å². The van der Waals surface area contributed by atoms with Crippen molar-refractivity contribution < 1.29 is 14.3 Å². The highest BCUT2D eigenvalue weighted by Crippen LogP contribution is 2.36. The third-order valence-electron chi connectivity index (χ3n) is 6.22. The molecule has 0 spiro atoms. The monoisotopic (exact) mass is 473 g/mol. The number of amides is 2. The minimum atomic E-state index is -0.505. The van der Waals surface area contributed by atoms with Crippen LogP contribution in [0.1, 0.15) is 68.1 Å². The Bertz CT molecular complexity index is 1290. The van der Waals surface area contributed by atoms with E-state index in [-0.39, 0.29) is 17.7 Å². The van der Waals surface area contributed by atoms with E-state index in [1.165, 1.54) is 17.8 Å². The molecule has 1 aliphatic rings. The van der Waals surface area contributed by atoms with Crippen LogP contribution < -0.4 is 5.32 Å². The summed E-state index contributed by atoms with van der Waals surface area (Å²) in [6.07, 6.45) is 5.10. The van der Waals surface area contributed by atoms with Gasteiger partial charge in [-0.3, -0.25) is 9.78 Å². The Morgan fingerprint density at radius 2 is 1.94 bits per heavy atom. The first-order valence-electron chi connectivity index (χ1n) is 12.0. The normalized spacial score (nSPS) is 14.5. The number of hydrogen-bond acceptors (Lipinski definition) is 5. The first-order valence-corrected chi connectivity index (χ1v) is 12.0. The number of aryl methyl sites for hydroxylation is 1. The molecule has 2 aromatic heterocycles. The zero-order valence-electron chi connectivity index (χ0n) is 20.7. The predicted octanol–water partition coefficient (Wildman–Crippen LogP) is 5.29. The van der Waals surface area contributed by atoms with Gasteiger partial charge in [0, 0.05) is 48.6 Å². The number of piperidine rings is 1. The third kappa shape index (κ3) is 5.46. The maximum atomic E-state index is 12.7. The molecule has 35 heavy (non-hydrogen) atoms. The molecule has 2 amide bonds. The van der Waals surface area contributed by atoms with E-state index in [1.807, 2.05) is 45.0 Å². The zero-order valence-corrected chi connectivity index (χ0v) is 20.7. The first kappa shape index (κ1) is 24.3. The molecular formula is C27H31N5O3. The number of fused-ring (bicyclic) bond motifs is 1. The lowest BCUT2D eigenvalue weighted by molar-refractivity contribution is 0.0205. The van der Waals surface area contributed by atoms with Gasteiger partial charge in [-0.15, -0.1) is 0 Å². The average molecular weight is 474 g/mol. The van der Waals surface area contributed by atoms with Gasteiger partial charge in [0.15, 0.2) is 0 Å². The highest BCUT2D eigenvalue weighted by molar-refractivity contribution is 6.04. The highest BCUT2D eigenvalue weighted by atomic mass is 16.6.